The third-order valence-electron chi connectivity index (χ3n) is 2.41. The van der Waals surface area contributed by atoms with Gasteiger partial charge in [-0.15, -0.1) is 0 Å². The largest absolute Gasteiger partial charge is 0.327 e. The zero-order valence-corrected chi connectivity index (χ0v) is 9.13. The molecule has 16 heavy (non-hydrogen) atoms. The highest BCUT2D eigenvalue weighted by molar-refractivity contribution is 5.61. The summed E-state index contributed by atoms with van der Waals surface area (Å²) in [7, 11) is 0. The molecule has 3 heteroatoms. The van der Waals surface area contributed by atoms with Crippen LogP contribution in [0.15, 0.2) is 54.9 Å². The van der Waals surface area contributed by atoms with Crippen molar-refractivity contribution in [2.75, 3.05) is 6.54 Å². The van der Waals surface area contributed by atoms with E-state index in [-0.39, 0.29) is 0 Å². The number of rotatable bonds is 4. The molecule has 0 radical (unpaired) electrons. The summed E-state index contributed by atoms with van der Waals surface area (Å²) >= 11 is 0. The van der Waals surface area contributed by atoms with E-state index in [2.05, 4.69) is 23.8 Å². The molecule has 0 fully saturated rings. The van der Waals surface area contributed by atoms with Crippen LogP contribution in [0.3, 0.4) is 0 Å². The van der Waals surface area contributed by atoms with Crippen molar-refractivity contribution in [2.24, 2.45) is 5.73 Å². The van der Waals surface area contributed by atoms with Gasteiger partial charge in [-0.3, -0.25) is 4.68 Å². The molecule has 0 aliphatic heterocycles. The van der Waals surface area contributed by atoms with Crippen molar-refractivity contribution in [2.45, 2.75) is 6.54 Å². The molecule has 1 heterocycles. The number of nitrogens with two attached hydrogens (primary N) is 1. The van der Waals surface area contributed by atoms with Crippen molar-refractivity contribution >= 4 is 0 Å². The van der Waals surface area contributed by atoms with Crippen LogP contribution in [-0.4, -0.2) is 16.3 Å². The van der Waals surface area contributed by atoms with Crippen LogP contribution in [0.2, 0.25) is 0 Å². The standard InChI is InChI=1S/C13H15N3/c1-11(7-14)9-16-10-13(8-15-16)12-5-3-2-4-6-12/h2-6,8,10H,1,7,9,14H2. The van der Waals surface area contributed by atoms with Crippen molar-refractivity contribution in [1.29, 1.82) is 0 Å². The lowest BCUT2D eigenvalue weighted by atomic mass is 10.1. The van der Waals surface area contributed by atoms with Gasteiger partial charge in [-0.25, -0.2) is 0 Å². The second-order valence-corrected chi connectivity index (χ2v) is 3.75. The van der Waals surface area contributed by atoms with Crippen LogP contribution in [0, 0.1) is 0 Å². The van der Waals surface area contributed by atoms with E-state index in [9.17, 15) is 0 Å². The monoisotopic (exact) mass is 213 g/mol. The van der Waals surface area contributed by atoms with Crippen LogP contribution in [0.25, 0.3) is 11.1 Å². The van der Waals surface area contributed by atoms with Gasteiger partial charge in [0.2, 0.25) is 0 Å². The Morgan fingerprint density at radius 1 is 1.25 bits per heavy atom. The van der Waals surface area contributed by atoms with Crippen molar-refractivity contribution in [3.63, 3.8) is 0 Å². The first-order valence-corrected chi connectivity index (χ1v) is 5.24. The number of hydrogen-bond donors (Lipinski definition) is 1. The van der Waals surface area contributed by atoms with Crippen molar-refractivity contribution in [1.82, 2.24) is 9.78 Å². The van der Waals surface area contributed by atoms with Gasteiger partial charge in [0.25, 0.3) is 0 Å². The summed E-state index contributed by atoms with van der Waals surface area (Å²) in [5.41, 5.74) is 8.76. The lowest BCUT2D eigenvalue weighted by Gasteiger charge is -2.01. The zero-order valence-electron chi connectivity index (χ0n) is 9.13. The SMILES string of the molecule is C=C(CN)Cn1cc(-c2ccccc2)cn1. The van der Waals surface area contributed by atoms with E-state index in [1.54, 1.807) is 0 Å². The van der Waals surface area contributed by atoms with Gasteiger partial charge in [-0.2, -0.15) is 5.10 Å². The van der Waals surface area contributed by atoms with Crippen molar-refractivity contribution in [3.8, 4) is 11.1 Å². The molecule has 0 saturated heterocycles. The van der Waals surface area contributed by atoms with Gasteiger partial charge in [0.05, 0.1) is 12.7 Å². The number of aromatic nitrogens is 2. The van der Waals surface area contributed by atoms with Gasteiger partial charge in [-0.1, -0.05) is 36.9 Å². The molecule has 2 rings (SSSR count). The molecule has 0 aliphatic rings. The average Bonchev–Trinajstić information content (AvgIpc) is 2.78. The van der Waals surface area contributed by atoms with Gasteiger partial charge < -0.3 is 5.73 Å². The van der Waals surface area contributed by atoms with E-state index in [0.717, 1.165) is 11.1 Å². The Bertz CT molecular complexity index is 471. The molecule has 1 aromatic carbocycles. The predicted molar refractivity (Wildman–Crippen MR) is 65.9 cm³/mol. The molecule has 1 aromatic heterocycles. The van der Waals surface area contributed by atoms with Crippen LogP contribution < -0.4 is 5.73 Å². The Morgan fingerprint density at radius 3 is 2.69 bits per heavy atom. The third kappa shape index (κ3) is 2.38. The molecular formula is C13H15N3. The van der Waals surface area contributed by atoms with E-state index >= 15 is 0 Å². The van der Waals surface area contributed by atoms with Crippen LogP contribution in [0.4, 0.5) is 0 Å². The maximum absolute atomic E-state index is 5.50. The van der Waals surface area contributed by atoms with Crippen LogP contribution >= 0.6 is 0 Å². The summed E-state index contributed by atoms with van der Waals surface area (Å²) < 4.78 is 1.86. The first-order valence-electron chi connectivity index (χ1n) is 5.24. The first-order chi connectivity index (χ1) is 7.79. The quantitative estimate of drug-likeness (QED) is 0.790. The molecule has 2 N–H and O–H groups in total. The molecular weight excluding hydrogens is 198 g/mol. The minimum absolute atomic E-state index is 0.501. The zero-order chi connectivity index (χ0) is 11.4. The molecule has 0 spiro atoms. The van der Waals surface area contributed by atoms with Crippen molar-refractivity contribution in [3.05, 3.63) is 54.9 Å². The second-order valence-electron chi connectivity index (χ2n) is 3.75. The Balaban J connectivity index is 2.17. The van der Waals surface area contributed by atoms with E-state index in [4.69, 9.17) is 5.73 Å². The summed E-state index contributed by atoms with van der Waals surface area (Å²) in [6.45, 7) is 5.05. The summed E-state index contributed by atoms with van der Waals surface area (Å²) in [5.74, 6) is 0. The Labute approximate surface area is 95.2 Å². The molecule has 82 valence electrons. The molecule has 3 nitrogen and oxygen atoms in total. The van der Waals surface area contributed by atoms with Gasteiger partial charge in [-0.05, 0) is 11.1 Å². The Morgan fingerprint density at radius 2 is 2.00 bits per heavy atom. The maximum Gasteiger partial charge on any atom is 0.0629 e. The predicted octanol–water partition coefficient (Wildman–Crippen LogP) is 2.06. The lowest BCUT2D eigenvalue weighted by Crippen LogP contribution is -2.09. The second kappa shape index (κ2) is 4.77. The number of benzene rings is 1. The first kappa shape index (κ1) is 10.6. The minimum atomic E-state index is 0.501. The fraction of sp³-hybridized carbons (Fsp3) is 0.154. The molecule has 0 saturated carbocycles. The van der Waals surface area contributed by atoms with Gasteiger partial charge >= 0.3 is 0 Å². The lowest BCUT2D eigenvalue weighted by molar-refractivity contribution is 0.670. The van der Waals surface area contributed by atoms with Crippen molar-refractivity contribution < 1.29 is 0 Å². The van der Waals surface area contributed by atoms with Gasteiger partial charge in [0.1, 0.15) is 0 Å². The maximum atomic E-state index is 5.50. The minimum Gasteiger partial charge on any atom is -0.327 e. The van der Waals surface area contributed by atoms with E-state index in [1.165, 1.54) is 5.56 Å². The summed E-state index contributed by atoms with van der Waals surface area (Å²) in [6, 6.07) is 10.2. The molecule has 0 amide bonds. The molecule has 0 bridgehead atoms. The highest BCUT2D eigenvalue weighted by Gasteiger charge is 2.01. The van der Waals surface area contributed by atoms with Gasteiger partial charge in [0, 0.05) is 18.3 Å². The summed E-state index contributed by atoms with van der Waals surface area (Å²) in [4.78, 5) is 0. The van der Waals surface area contributed by atoms with Gasteiger partial charge in [0.15, 0.2) is 0 Å². The molecule has 0 aliphatic carbocycles. The average molecular weight is 213 g/mol. The molecule has 0 atom stereocenters. The fourth-order valence-electron chi connectivity index (χ4n) is 1.52. The number of nitrogens with zero attached hydrogens (tertiary/aromatic N) is 2. The Hall–Kier alpha value is -1.87. The highest BCUT2D eigenvalue weighted by atomic mass is 15.3. The summed E-state index contributed by atoms with van der Waals surface area (Å²) in [6.07, 6.45) is 3.87. The fourth-order valence-corrected chi connectivity index (χ4v) is 1.52. The normalized spacial score (nSPS) is 10.3. The van der Waals surface area contributed by atoms with E-state index in [1.807, 2.05) is 35.3 Å². The topological polar surface area (TPSA) is 43.8 Å². The smallest absolute Gasteiger partial charge is 0.0629 e. The molecule has 2 aromatic rings. The third-order valence-corrected chi connectivity index (χ3v) is 2.41. The van der Waals surface area contributed by atoms with Crippen LogP contribution in [0.5, 0.6) is 0 Å². The van der Waals surface area contributed by atoms with Crippen LogP contribution in [-0.2, 0) is 6.54 Å². The highest BCUT2D eigenvalue weighted by Crippen LogP contribution is 2.17. The van der Waals surface area contributed by atoms with Crippen LogP contribution in [0.1, 0.15) is 0 Å². The van der Waals surface area contributed by atoms with E-state index < -0.39 is 0 Å². The van der Waals surface area contributed by atoms with E-state index in [0.29, 0.717) is 13.1 Å². The summed E-state index contributed by atoms with van der Waals surface area (Å²) in [5, 5.41) is 4.28. The molecule has 0 unspecified atom stereocenters. The Kier molecular flexibility index (Phi) is 3.17. The number of hydrogen-bond acceptors (Lipinski definition) is 2.